The van der Waals surface area contributed by atoms with Crippen LogP contribution in [0.5, 0.6) is 11.5 Å². The molecule has 0 radical (unpaired) electrons. The summed E-state index contributed by atoms with van der Waals surface area (Å²) in [5, 5.41) is 3.22. The van der Waals surface area contributed by atoms with E-state index in [1.165, 1.54) is 6.07 Å². The third-order valence-electron chi connectivity index (χ3n) is 5.35. The van der Waals surface area contributed by atoms with Crippen molar-refractivity contribution in [1.29, 1.82) is 0 Å². The largest absolute Gasteiger partial charge is 0.493 e. The standard InChI is InChI=1S/C21H24F4N2O2/c1-13(14-5-7-19(28-2)20(11-14)29-3)27-9-8-26-12-18(27)15-4-6-17(22)16(10-15)21(23,24)25/h4-7,10-11,13,18,26H,8-9,12H2,1-3H3/t13?,18-/m1/s1. The molecule has 1 aliphatic heterocycles. The first-order chi connectivity index (χ1) is 13.8. The highest BCUT2D eigenvalue weighted by atomic mass is 19.4. The number of hydrogen-bond acceptors (Lipinski definition) is 4. The minimum Gasteiger partial charge on any atom is -0.493 e. The van der Waals surface area contributed by atoms with Crippen LogP contribution in [0.2, 0.25) is 0 Å². The average molecular weight is 412 g/mol. The van der Waals surface area contributed by atoms with E-state index < -0.39 is 17.6 Å². The summed E-state index contributed by atoms with van der Waals surface area (Å²) in [6.07, 6.45) is -4.73. The molecule has 1 N–H and O–H groups in total. The number of nitrogens with one attached hydrogen (secondary N) is 1. The van der Waals surface area contributed by atoms with Crippen LogP contribution >= 0.6 is 0 Å². The second kappa shape index (κ2) is 8.59. The van der Waals surface area contributed by atoms with E-state index in [1.807, 2.05) is 25.1 Å². The van der Waals surface area contributed by atoms with Crippen molar-refractivity contribution in [3.8, 4) is 11.5 Å². The van der Waals surface area contributed by atoms with Gasteiger partial charge in [-0.05, 0) is 42.3 Å². The first-order valence-electron chi connectivity index (χ1n) is 9.31. The summed E-state index contributed by atoms with van der Waals surface area (Å²) in [7, 11) is 3.11. The van der Waals surface area contributed by atoms with Crippen LogP contribution in [0, 0.1) is 5.82 Å². The van der Waals surface area contributed by atoms with Gasteiger partial charge >= 0.3 is 6.18 Å². The van der Waals surface area contributed by atoms with Gasteiger partial charge in [-0.2, -0.15) is 13.2 Å². The van der Waals surface area contributed by atoms with Crippen LogP contribution < -0.4 is 14.8 Å². The topological polar surface area (TPSA) is 33.7 Å². The van der Waals surface area contributed by atoms with E-state index in [0.717, 1.165) is 17.7 Å². The van der Waals surface area contributed by atoms with Crippen molar-refractivity contribution in [1.82, 2.24) is 10.2 Å². The average Bonchev–Trinajstić information content (AvgIpc) is 2.72. The lowest BCUT2D eigenvalue weighted by atomic mass is 9.96. The first kappa shape index (κ1) is 21.4. The van der Waals surface area contributed by atoms with Crippen molar-refractivity contribution in [3.63, 3.8) is 0 Å². The second-order valence-corrected chi connectivity index (χ2v) is 6.99. The molecule has 0 aliphatic carbocycles. The minimum atomic E-state index is -4.73. The molecular weight excluding hydrogens is 388 g/mol. The fourth-order valence-corrected chi connectivity index (χ4v) is 3.76. The Kier molecular flexibility index (Phi) is 6.33. The molecule has 0 bridgehead atoms. The molecule has 29 heavy (non-hydrogen) atoms. The number of nitrogens with zero attached hydrogens (tertiary/aromatic N) is 1. The Labute approximate surface area is 167 Å². The number of hydrogen-bond donors (Lipinski definition) is 1. The maximum absolute atomic E-state index is 13.7. The monoisotopic (exact) mass is 412 g/mol. The van der Waals surface area contributed by atoms with Crippen LogP contribution in [0.1, 0.15) is 35.7 Å². The Morgan fingerprint density at radius 2 is 1.79 bits per heavy atom. The highest BCUT2D eigenvalue weighted by Gasteiger charge is 2.36. The van der Waals surface area contributed by atoms with Crippen molar-refractivity contribution in [2.24, 2.45) is 0 Å². The predicted octanol–water partition coefficient (Wildman–Crippen LogP) is 4.57. The molecule has 0 spiro atoms. The molecule has 1 heterocycles. The van der Waals surface area contributed by atoms with Gasteiger partial charge in [-0.1, -0.05) is 12.1 Å². The molecule has 1 unspecified atom stereocenters. The normalized spacial score (nSPS) is 19.1. The quantitative estimate of drug-likeness (QED) is 0.730. The van der Waals surface area contributed by atoms with Crippen LogP contribution in [0.3, 0.4) is 0 Å². The number of piperazine rings is 1. The maximum Gasteiger partial charge on any atom is 0.419 e. The molecule has 2 atom stereocenters. The SMILES string of the molecule is COc1ccc(C(C)N2CCNC[C@@H]2c2ccc(F)c(C(F)(F)F)c2)cc1OC. The summed E-state index contributed by atoms with van der Waals surface area (Å²) in [5.41, 5.74) is 0.144. The fourth-order valence-electron chi connectivity index (χ4n) is 3.76. The van der Waals surface area contributed by atoms with E-state index in [4.69, 9.17) is 9.47 Å². The van der Waals surface area contributed by atoms with Gasteiger partial charge in [0.05, 0.1) is 19.8 Å². The molecule has 0 aromatic heterocycles. The molecule has 2 aromatic rings. The fraction of sp³-hybridized carbons (Fsp3) is 0.429. The molecule has 3 rings (SSSR count). The third-order valence-corrected chi connectivity index (χ3v) is 5.35. The summed E-state index contributed by atoms with van der Waals surface area (Å²) in [6.45, 7) is 3.81. The van der Waals surface area contributed by atoms with Gasteiger partial charge in [-0.3, -0.25) is 4.90 Å². The molecular formula is C21H24F4N2O2. The lowest BCUT2D eigenvalue weighted by molar-refractivity contribution is -0.140. The van der Waals surface area contributed by atoms with E-state index in [1.54, 1.807) is 14.2 Å². The number of rotatable bonds is 5. The molecule has 0 saturated carbocycles. The summed E-state index contributed by atoms with van der Waals surface area (Å²) in [5.74, 6) is -0.0668. The van der Waals surface area contributed by atoms with Crippen molar-refractivity contribution < 1.29 is 27.0 Å². The molecule has 8 heteroatoms. The van der Waals surface area contributed by atoms with Crippen LogP contribution in [0.4, 0.5) is 17.6 Å². The molecule has 1 aliphatic rings. The summed E-state index contributed by atoms with van der Waals surface area (Å²) < 4.78 is 63.9. The molecule has 0 amide bonds. The summed E-state index contributed by atoms with van der Waals surface area (Å²) in [6, 6.07) is 8.41. The maximum atomic E-state index is 13.7. The van der Waals surface area contributed by atoms with Gasteiger partial charge in [0.2, 0.25) is 0 Å². The number of alkyl halides is 3. The summed E-state index contributed by atoms with van der Waals surface area (Å²) >= 11 is 0. The molecule has 1 saturated heterocycles. The van der Waals surface area contributed by atoms with Gasteiger partial charge in [0, 0.05) is 31.7 Å². The van der Waals surface area contributed by atoms with Crippen molar-refractivity contribution in [3.05, 3.63) is 58.9 Å². The number of benzene rings is 2. The van der Waals surface area contributed by atoms with E-state index in [0.29, 0.717) is 36.7 Å². The first-order valence-corrected chi connectivity index (χ1v) is 9.31. The zero-order valence-electron chi connectivity index (χ0n) is 16.5. The third kappa shape index (κ3) is 4.48. The van der Waals surface area contributed by atoms with Crippen LogP contribution in [0.15, 0.2) is 36.4 Å². The Balaban J connectivity index is 1.94. The highest BCUT2D eigenvalue weighted by Crippen LogP contribution is 2.38. The van der Waals surface area contributed by atoms with E-state index >= 15 is 0 Å². The van der Waals surface area contributed by atoms with E-state index in [-0.39, 0.29) is 12.1 Å². The van der Waals surface area contributed by atoms with Gasteiger partial charge < -0.3 is 14.8 Å². The van der Waals surface area contributed by atoms with Crippen molar-refractivity contribution >= 4 is 0 Å². The minimum absolute atomic E-state index is 0.0960. The summed E-state index contributed by atoms with van der Waals surface area (Å²) in [4.78, 5) is 2.12. The molecule has 2 aromatic carbocycles. The Hall–Kier alpha value is -2.32. The van der Waals surface area contributed by atoms with Crippen LogP contribution in [0.25, 0.3) is 0 Å². The molecule has 1 fully saturated rings. The number of ether oxygens (including phenoxy) is 2. The predicted molar refractivity (Wildman–Crippen MR) is 102 cm³/mol. The second-order valence-electron chi connectivity index (χ2n) is 6.99. The lowest BCUT2D eigenvalue weighted by Crippen LogP contribution is -2.47. The Morgan fingerprint density at radius 3 is 2.45 bits per heavy atom. The van der Waals surface area contributed by atoms with Crippen molar-refractivity contribution in [2.75, 3.05) is 33.9 Å². The van der Waals surface area contributed by atoms with Gasteiger partial charge in [0.15, 0.2) is 11.5 Å². The zero-order chi connectivity index (χ0) is 21.2. The van der Waals surface area contributed by atoms with Crippen LogP contribution in [-0.4, -0.2) is 38.8 Å². The Bertz CT molecular complexity index is 857. The number of methoxy groups -OCH3 is 2. The zero-order valence-corrected chi connectivity index (χ0v) is 16.5. The smallest absolute Gasteiger partial charge is 0.419 e. The van der Waals surface area contributed by atoms with Gasteiger partial charge in [-0.25, -0.2) is 4.39 Å². The van der Waals surface area contributed by atoms with E-state index in [2.05, 4.69) is 10.2 Å². The molecule has 158 valence electrons. The van der Waals surface area contributed by atoms with Gasteiger partial charge in [0.1, 0.15) is 5.82 Å². The highest BCUT2D eigenvalue weighted by molar-refractivity contribution is 5.44. The lowest BCUT2D eigenvalue weighted by Gasteiger charge is -2.41. The number of halogens is 4. The van der Waals surface area contributed by atoms with Crippen molar-refractivity contribution in [2.45, 2.75) is 25.2 Å². The van der Waals surface area contributed by atoms with Crippen LogP contribution in [-0.2, 0) is 6.18 Å². The van der Waals surface area contributed by atoms with Gasteiger partial charge in [-0.15, -0.1) is 0 Å². The van der Waals surface area contributed by atoms with E-state index in [9.17, 15) is 17.6 Å². The van der Waals surface area contributed by atoms with Gasteiger partial charge in [0.25, 0.3) is 0 Å². The molecule has 4 nitrogen and oxygen atoms in total. The Morgan fingerprint density at radius 1 is 1.07 bits per heavy atom.